The molecule has 1 fully saturated rings. The Morgan fingerprint density at radius 2 is 2.00 bits per heavy atom. The highest BCUT2D eigenvalue weighted by molar-refractivity contribution is 5.98. The lowest BCUT2D eigenvalue weighted by molar-refractivity contribution is -0.163. The van der Waals surface area contributed by atoms with E-state index in [0.29, 0.717) is 26.3 Å². The second-order valence-corrected chi connectivity index (χ2v) is 6.24. The van der Waals surface area contributed by atoms with E-state index in [4.69, 9.17) is 9.47 Å². The third-order valence-electron chi connectivity index (χ3n) is 3.54. The molecule has 0 spiro atoms. The first-order valence-electron chi connectivity index (χ1n) is 7.38. The zero-order valence-electron chi connectivity index (χ0n) is 13.3. The fraction of sp³-hybridized carbons (Fsp3) is 0.867. The van der Waals surface area contributed by atoms with Crippen LogP contribution in [0.2, 0.25) is 0 Å². The van der Waals surface area contributed by atoms with Crippen LogP contribution in [0.3, 0.4) is 0 Å². The van der Waals surface area contributed by atoms with Crippen LogP contribution in [0.15, 0.2) is 0 Å². The molecule has 1 saturated heterocycles. The Morgan fingerprint density at radius 1 is 1.35 bits per heavy atom. The Hall–Kier alpha value is -1.10. The second kappa shape index (κ2) is 7.07. The fourth-order valence-corrected chi connectivity index (χ4v) is 2.40. The molecule has 1 aliphatic rings. The van der Waals surface area contributed by atoms with Crippen molar-refractivity contribution in [1.82, 2.24) is 4.90 Å². The van der Waals surface area contributed by atoms with Crippen molar-refractivity contribution in [3.63, 3.8) is 0 Å². The SMILES string of the molecule is CCOC(=O)C(C(=O)N1CCOC(CC)C1)C(C)(C)C. The molecule has 2 atom stereocenters. The van der Waals surface area contributed by atoms with Gasteiger partial charge in [0.2, 0.25) is 5.91 Å². The van der Waals surface area contributed by atoms with Crippen molar-refractivity contribution in [2.24, 2.45) is 11.3 Å². The second-order valence-electron chi connectivity index (χ2n) is 6.24. The summed E-state index contributed by atoms with van der Waals surface area (Å²) in [4.78, 5) is 26.6. The molecule has 1 heterocycles. The van der Waals surface area contributed by atoms with Gasteiger partial charge >= 0.3 is 5.97 Å². The lowest BCUT2D eigenvalue weighted by Crippen LogP contribution is -2.51. The summed E-state index contributed by atoms with van der Waals surface area (Å²) in [7, 11) is 0. The van der Waals surface area contributed by atoms with E-state index in [9.17, 15) is 9.59 Å². The smallest absolute Gasteiger partial charge is 0.319 e. The molecule has 1 aliphatic heterocycles. The topological polar surface area (TPSA) is 55.8 Å². The summed E-state index contributed by atoms with van der Waals surface area (Å²) in [6.07, 6.45) is 0.930. The molecule has 0 bridgehead atoms. The zero-order chi connectivity index (χ0) is 15.3. The lowest BCUT2D eigenvalue weighted by atomic mass is 9.79. The van der Waals surface area contributed by atoms with E-state index in [1.165, 1.54) is 0 Å². The summed E-state index contributed by atoms with van der Waals surface area (Å²) in [5.74, 6) is -1.32. The molecule has 116 valence electrons. The van der Waals surface area contributed by atoms with E-state index in [-0.39, 0.29) is 12.0 Å². The average Bonchev–Trinajstić information content (AvgIpc) is 2.37. The quantitative estimate of drug-likeness (QED) is 0.584. The minimum absolute atomic E-state index is 0.0653. The minimum Gasteiger partial charge on any atom is -0.465 e. The van der Waals surface area contributed by atoms with E-state index in [1.54, 1.807) is 11.8 Å². The molecule has 1 amide bonds. The molecule has 1 rings (SSSR count). The van der Waals surface area contributed by atoms with Crippen LogP contribution in [-0.2, 0) is 19.1 Å². The maximum absolute atomic E-state index is 12.7. The number of hydrogen-bond acceptors (Lipinski definition) is 4. The van der Waals surface area contributed by atoms with Crippen molar-refractivity contribution < 1.29 is 19.1 Å². The van der Waals surface area contributed by atoms with Crippen LogP contribution in [0.25, 0.3) is 0 Å². The molecule has 0 aromatic heterocycles. The van der Waals surface area contributed by atoms with Gasteiger partial charge in [0.05, 0.1) is 19.3 Å². The summed E-state index contributed by atoms with van der Waals surface area (Å²) >= 11 is 0. The largest absolute Gasteiger partial charge is 0.465 e. The highest BCUT2D eigenvalue weighted by atomic mass is 16.5. The first-order valence-corrected chi connectivity index (χ1v) is 7.38. The van der Waals surface area contributed by atoms with Gasteiger partial charge in [-0.25, -0.2) is 0 Å². The van der Waals surface area contributed by atoms with Gasteiger partial charge in [0.15, 0.2) is 0 Å². The van der Waals surface area contributed by atoms with Gasteiger partial charge in [0, 0.05) is 13.1 Å². The van der Waals surface area contributed by atoms with Gasteiger partial charge in [0.25, 0.3) is 0 Å². The molecule has 0 aliphatic carbocycles. The summed E-state index contributed by atoms with van der Waals surface area (Å²) in [6.45, 7) is 11.4. The van der Waals surface area contributed by atoms with Gasteiger partial charge in [-0.2, -0.15) is 0 Å². The van der Waals surface area contributed by atoms with Gasteiger partial charge in [-0.05, 0) is 18.8 Å². The monoisotopic (exact) mass is 285 g/mol. The van der Waals surface area contributed by atoms with Gasteiger partial charge < -0.3 is 14.4 Å². The van der Waals surface area contributed by atoms with Crippen molar-refractivity contribution in [3.05, 3.63) is 0 Å². The van der Waals surface area contributed by atoms with Gasteiger partial charge in [0.1, 0.15) is 5.92 Å². The van der Waals surface area contributed by atoms with Crippen LogP contribution in [0.4, 0.5) is 0 Å². The number of morpholine rings is 1. The standard InChI is InChI=1S/C15H27NO4/c1-6-11-10-16(8-9-20-11)13(17)12(15(3,4)5)14(18)19-7-2/h11-12H,6-10H2,1-5H3. The maximum Gasteiger partial charge on any atom is 0.319 e. The summed E-state index contributed by atoms with van der Waals surface area (Å²) in [5, 5.41) is 0. The maximum atomic E-state index is 12.7. The molecular weight excluding hydrogens is 258 g/mol. The Bertz CT molecular complexity index is 348. The molecule has 2 unspecified atom stereocenters. The van der Waals surface area contributed by atoms with Crippen molar-refractivity contribution in [1.29, 1.82) is 0 Å². The number of amides is 1. The molecule has 0 aromatic carbocycles. The van der Waals surface area contributed by atoms with E-state index in [2.05, 4.69) is 0 Å². The van der Waals surface area contributed by atoms with Crippen LogP contribution >= 0.6 is 0 Å². The number of carbonyl (C=O) groups is 2. The summed E-state index contributed by atoms with van der Waals surface area (Å²) in [5.41, 5.74) is -0.455. The third-order valence-corrected chi connectivity index (χ3v) is 3.54. The Labute approximate surface area is 121 Å². The van der Waals surface area contributed by atoms with E-state index in [1.807, 2.05) is 27.7 Å². The van der Waals surface area contributed by atoms with Crippen molar-refractivity contribution in [2.75, 3.05) is 26.3 Å². The van der Waals surface area contributed by atoms with Gasteiger partial charge in [-0.1, -0.05) is 27.7 Å². The molecule has 0 radical (unpaired) electrons. The van der Waals surface area contributed by atoms with Gasteiger partial charge in [-0.3, -0.25) is 9.59 Å². The summed E-state index contributed by atoms with van der Waals surface area (Å²) in [6, 6.07) is 0. The Morgan fingerprint density at radius 3 is 2.50 bits per heavy atom. The number of carbonyl (C=O) groups excluding carboxylic acids is 2. The zero-order valence-corrected chi connectivity index (χ0v) is 13.3. The number of ether oxygens (including phenoxy) is 2. The van der Waals surface area contributed by atoms with E-state index < -0.39 is 17.3 Å². The molecular formula is C15H27NO4. The Balaban J connectivity index is 2.85. The first kappa shape index (κ1) is 17.0. The number of nitrogens with zero attached hydrogens (tertiary/aromatic N) is 1. The predicted octanol–water partition coefficient (Wildman–Crippen LogP) is 1.85. The lowest BCUT2D eigenvalue weighted by Gasteiger charge is -2.37. The Kier molecular flexibility index (Phi) is 5.99. The van der Waals surface area contributed by atoms with Crippen LogP contribution in [0, 0.1) is 11.3 Å². The van der Waals surface area contributed by atoms with Crippen LogP contribution in [-0.4, -0.2) is 49.2 Å². The first-order chi connectivity index (χ1) is 9.31. The molecule has 5 nitrogen and oxygen atoms in total. The van der Waals surface area contributed by atoms with Crippen molar-refractivity contribution in [2.45, 2.75) is 47.1 Å². The number of esters is 1. The normalized spacial score (nSPS) is 21.4. The van der Waals surface area contributed by atoms with Crippen LogP contribution < -0.4 is 0 Å². The molecule has 0 N–H and O–H groups in total. The van der Waals surface area contributed by atoms with Gasteiger partial charge in [-0.15, -0.1) is 0 Å². The fourth-order valence-electron chi connectivity index (χ4n) is 2.40. The predicted molar refractivity (Wildman–Crippen MR) is 76.2 cm³/mol. The molecule has 20 heavy (non-hydrogen) atoms. The minimum atomic E-state index is -0.752. The number of hydrogen-bond donors (Lipinski definition) is 0. The average molecular weight is 285 g/mol. The van der Waals surface area contributed by atoms with Crippen molar-refractivity contribution in [3.8, 4) is 0 Å². The van der Waals surface area contributed by atoms with Crippen LogP contribution in [0.5, 0.6) is 0 Å². The summed E-state index contributed by atoms with van der Waals surface area (Å²) < 4.78 is 10.6. The molecule has 0 saturated carbocycles. The van der Waals surface area contributed by atoms with E-state index >= 15 is 0 Å². The van der Waals surface area contributed by atoms with Crippen LogP contribution in [0.1, 0.15) is 41.0 Å². The molecule has 0 aromatic rings. The third kappa shape index (κ3) is 4.20. The highest BCUT2D eigenvalue weighted by Crippen LogP contribution is 2.29. The number of rotatable bonds is 4. The van der Waals surface area contributed by atoms with E-state index in [0.717, 1.165) is 6.42 Å². The highest BCUT2D eigenvalue weighted by Gasteiger charge is 2.42. The molecule has 5 heteroatoms. The van der Waals surface area contributed by atoms with Crippen molar-refractivity contribution >= 4 is 11.9 Å².